The van der Waals surface area contributed by atoms with Crippen LogP contribution in [0, 0.1) is 5.82 Å². The van der Waals surface area contributed by atoms with Crippen LogP contribution in [0.3, 0.4) is 0 Å². The molecular weight excluding hydrogens is 465 g/mol. The van der Waals surface area contributed by atoms with Crippen LogP contribution in [0.15, 0.2) is 41.8 Å². The molecule has 1 atom stereocenters. The number of hydrogen-bond donors (Lipinski definition) is 1. The van der Waals surface area contributed by atoms with Crippen LogP contribution in [-0.2, 0) is 22.7 Å². The van der Waals surface area contributed by atoms with E-state index in [0.29, 0.717) is 17.5 Å². The third-order valence-electron chi connectivity index (χ3n) is 7.62. The molecule has 2 saturated heterocycles. The van der Waals surface area contributed by atoms with Gasteiger partial charge in [0.05, 0.1) is 0 Å². The van der Waals surface area contributed by atoms with Gasteiger partial charge in [-0.1, -0.05) is 24.3 Å². The molecule has 2 fully saturated rings. The molecule has 0 bridgehead atoms. The number of benzene rings is 2. The third kappa shape index (κ3) is 4.04. The van der Waals surface area contributed by atoms with Gasteiger partial charge in [0.25, 0.3) is 5.91 Å². The summed E-state index contributed by atoms with van der Waals surface area (Å²) in [6, 6.07) is 11.0. The number of thiophene rings is 1. The summed E-state index contributed by atoms with van der Waals surface area (Å²) in [4.78, 5) is 40.6. The fourth-order valence-corrected chi connectivity index (χ4v) is 6.67. The maximum absolute atomic E-state index is 15.2. The Labute approximate surface area is 206 Å². The zero-order valence-corrected chi connectivity index (χ0v) is 20.1. The van der Waals surface area contributed by atoms with Crippen molar-refractivity contribution in [1.82, 2.24) is 15.1 Å². The first-order valence-corrected chi connectivity index (χ1v) is 13.0. The van der Waals surface area contributed by atoms with Crippen LogP contribution in [0.1, 0.15) is 58.6 Å². The number of piperidine rings is 2. The van der Waals surface area contributed by atoms with Crippen molar-refractivity contribution in [2.24, 2.45) is 0 Å². The molecule has 180 valence electrons. The minimum atomic E-state index is -0.685. The van der Waals surface area contributed by atoms with E-state index in [-0.39, 0.29) is 36.5 Å². The third-order valence-corrected chi connectivity index (χ3v) is 8.64. The minimum Gasteiger partial charge on any atom is -0.322 e. The largest absolute Gasteiger partial charge is 0.322 e. The second-order valence-electron chi connectivity index (χ2n) is 9.74. The summed E-state index contributed by atoms with van der Waals surface area (Å²) in [7, 11) is 0. The van der Waals surface area contributed by atoms with Crippen LogP contribution in [-0.4, -0.2) is 46.7 Å². The van der Waals surface area contributed by atoms with E-state index in [2.05, 4.69) is 39.9 Å². The van der Waals surface area contributed by atoms with Gasteiger partial charge in [0.15, 0.2) is 0 Å². The Balaban J connectivity index is 1.14. The smallest absolute Gasteiger partial charge is 0.255 e. The van der Waals surface area contributed by atoms with Crippen molar-refractivity contribution in [2.75, 3.05) is 13.1 Å². The lowest BCUT2D eigenvalue weighted by Crippen LogP contribution is -2.52. The maximum atomic E-state index is 15.2. The molecule has 1 unspecified atom stereocenters. The van der Waals surface area contributed by atoms with Gasteiger partial charge in [-0.25, -0.2) is 4.39 Å². The molecule has 6 nitrogen and oxygen atoms in total. The highest BCUT2D eigenvalue weighted by atomic mass is 32.1. The molecule has 0 spiro atoms. The molecular formula is C27H26FN3O3S. The second kappa shape index (κ2) is 8.84. The highest BCUT2D eigenvalue weighted by Gasteiger charge is 2.40. The topological polar surface area (TPSA) is 69.7 Å². The molecule has 1 aromatic heterocycles. The first-order valence-electron chi connectivity index (χ1n) is 12.1. The average molecular weight is 492 g/mol. The first kappa shape index (κ1) is 22.4. The molecule has 3 aliphatic heterocycles. The van der Waals surface area contributed by atoms with E-state index in [4.69, 9.17) is 0 Å². The van der Waals surface area contributed by atoms with Gasteiger partial charge in [-0.3, -0.25) is 24.6 Å². The summed E-state index contributed by atoms with van der Waals surface area (Å²) in [5.41, 5.74) is 3.11. The summed E-state index contributed by atoms with van der Waals surface area (Å²) in [5.74, 6) is -1.34. The van der Waals surface area contributed by atoms with Gasteiger partial charge >= 0.3 is 0 Å². The van der Waals surface area contributed by atoms with Gasteiger partial charge in [0, 0.05) is 29.8 Å². The molecule has 3 aliphatic rings. The summed E-state index contributed by atoms with van der Waals surface area (Å²) >= 11 is 1.77. The maximum Gasteiger partial charge on any atom is 0.255 e. The van der Waals surface area contributed by atoms with Crippen molar-refractivity contribution in [1.29, 1.82) is 0 Å². The number of carbonyl (C=O) groups is 3. The number of amides is 3. The summed E-state index contributed by atoms with van der Waals surface area (Å²) in [6.07, 6.45) is 2.23. The highest BCUT2D eigenvalue weighted by molar-refractivity contribution is 7.17. The Morgan fingerprint density at radius 3 is 2.66 bits per heavy atom. The predicted octanol–water partition coefficient (Wildman–Crippen LogP) is 4.18. The standard InChI is InChI=1S/C27H26FN3O3S/c28-22-12-21-17(14-31(27(21)34)23-5-6-25(32)29-26(23)33)11-20(22)16-7-9-30(10-8-16)13-18-15-35-24-4-2-1-3-19(18)24/h1-4,11-12,15-16,23H,5-10,13-14H2,(H,29,32,33). The van der Waals surface area contributed by atoms with Crippen LogP contribution < -0.4 is 5.32 Å². The van der Waals surface area contributed by atoms with E-state index in [9.17, 15) is 14.4 Å². The number of nitrogens with one attached hydrogen (secondary N) is 1. The van der Waals surface area contributed by atoms with Crippen molar-refractivity contribution in [3.05, 3.63) is 69.8 Å². The Hall–Kier alpha value is -3.10. The molecule has 0 aliphatic carbocycles. The predicted molar refractivity (Wildman–Crippen MR) is 132 cm³/mol. The Kier molecular flexibility index (Phi) is 5.65. The Morgan fingerprint density at radius 1 is 1.06 bits per heavy atom. The number of likely N-dealkylation sites (tertiary alicyclic amines) is 1. The summed E-state index contributed by atoms with van der Waals surface area (Å²) in [5, 5.41) is 5.86. The molecule has 8 heteroatoms. The lowest BCUT2D eigenvalue weighted by molar-refractivity contribution is -0.136. The Morgan fingerprint density at radius 2 is 1.86 bits per heavy atom. The van der Waals surface area contributed by atoms with Crippen LogP contribution in [0.2, 0.25) is 0 Å². The average Bonchev–Trinajstić information content (AvgIpc) is 3.40. The van der Waals surface area contributed by atoms with Gasteiger partial charge in [0.2, 0.25) is 11.8 Å². The molecule has 0 radical (unpaired) electrons. The minimum absolute atomic E-state index is 0.107. The number of hydrogen-bond acceptors (Lipinski definition) is 5. The second-order valence-corrected chi connectivity index (χ2v) is 10.6. The number of imide groups is 1. The van der Waals surface area contributed by atoms with Crippen molar-refractivity contribution < 1.29 is 18.8 Å². The number of nitrogens with zero attached hydrogens (tertiary/aromatic N) is 2. The highest BCUT2D eigenvalue weighted by Crippen LogP contribution is 2.36. The quantitative estimate of drug-likeness (QED) is 0.556. The van der Waals surface area contributed by atoms with Crippen LogP contribution in [0.5, 0.6) is 0 Å². The van der Waals surface area contributed by atoms with Crippen LogP contribution >= 0.6 is 11.3 Å². The molecule has 1 N–H and O–H groups in total. The van der Waals surface area contributed by atoms with E-state index in [0.717, 1.165) is 38.0 Å². The van der Waals surface area contributed by atoms with Crippen LogP contribution in [0.25, 0.3) is 10.1 Å². The van der Waals surface area contributed by atoms with E-state index in [1.54, 1.807) is 11.3 Å². The Bertz CT molecular complexity index is 1340. The summed E-state index contributed by atoms with van der Waals surface area (Å²) in [6.45, 7) is 2.97. The molecule has 3 amide bonds. The molecule has 2 aromatic carbocycles. The SMILES string of the molecule is O=C1CCC(N2Cc3cc(C4CCN(Cc5csc6ccccc56)CC4)c(F)cc3C2=O)C(=O)N1. The normalized spacial score (nSPS) is 21.6. The lowest BCUT2D eigenvalue weighted by Gasteiger charge is -2.32. The van der Waals surface area contributed by atoms with Crippen molar-refractivity contribution in [3.8, 4) is 0 Å². The van der Waals surface area contributed by atoms with E-state index in [1.165, 1.54) is 26.6 Å². The van der Waals surface area contributed by atoms with Crippen LogP contribution in [0.4, 0.5) is 4.39 Å². The number of rotatable bonds is 4. The molecule has 0 saturated carbocycles. The van der Waals surface area contributed by atoms with Gasteiger partial charge in [0.1, 0.15) is 11.9 Å². The molecule has 6 rings (SSSR count). The molecule has 4 heterocycles. The van der Waals surface area contributed by atoms with Gasteiger partial charge in [-0.05, 0) is 77.9 Å². The fourth-order valence-electron chi connectivity index (χ4n) is 5.72. The monoisotopic (exact) mass is 491 g/mol. The number of fused-ring (bicyclic) bond motifs is 2. The van der Waals surface area contributed by atoms with E-state index in [1.807, 2.05) is 6.07 Å². The van der Waals surface area contributed by atoms with E-state index < -0.39 is 11.9 Å². The molecule has 35 heavy (non-hydrogen) atoms. The van der Waals surface area contributed by atoms with Crippen molar-refractivity contribution in [2.45, 2.75) is 50.7 Å². The van der Waals surface area contributed by atoms with Gasteiger partial charge < -0.3 is 4.90 Å². The summed E-state index contributed by atoms with van der Waals surface area (Å²) < 4.78 is 16.5. The van der Waals surface area contributed by atoms with E-state index >= 15 is 4.39 Å². The van der Waals surface area contributed by atoms with Gasteiger partial charge in [-0.2, -0.15) is 0 Å². The zero-order chi connectivity index (χ0) is 24.1. The number of halogens is 1. The fraction of sp³-hybridized carbons (Fsp3) is 0.370. The van der Waals surface area contributed by atoms with Crippen molar-refractivity contribution in [3.63, 3.8) is 0 Å². The zero-order valence-electron chi connectivity index (χ0n) is 19.3. The lowest BCUT2D eigenvalue weighted by atomic mass is 9.87. The van der Waals surface area contributed by atoms with Gasteiger partial charge in [-0.15, -0.1) is 11.3 Å². The number of carbonyl (C=O) groups excluding carboxylic acids is 3. The molecule has 3 aromatic rings. The van der Waals surface area contributed by atoms with Crippen molar-refractivity contribution >= 4 is 39.1 Å². The first-order chi connectivity index (χ1) is 17.0.